The Kier molecular flexibility index (Phi) is 3.97. The minimum absolute atomic E-state index is 0.181. The predicted octanol–water partition coefficient (Wildman–Crippen LogP) is 2.94. The maximum Gasteiger partial charge on any atom is 0.0726 e. The number of hydrogen-bond acceptors (Lipinski definition) is 3. The second kappa shape index (κ2) is 5.47. The van der Waals surface area contributed by atoms with Crippen molar-refractivity contribution in [2.45, 2.75) is 6.04 Å². The van der Waals surface area contributed by atoms with E-state index >= 15 is 0 Å². The van der Waals surface area contributed by atoms with Crippen molar-refractivity contribution in [1.29, 1.82) is 0 Å². The van der Waals surface area contributed by atoms with Crippen LogP contribution in [0.5, 0.6) is 0 Å². The molecule has 0 amide bonds. The Hall–Kier alpha value is -1.13. The van der Waals surface area contributed by atoms with Crippen LogP contribution in [0.4, 0.5) is 0 Å². The highest BCUT2D eigenvalue weighted by molar-refractivity contribution is 6.34. The molecule has 3 nitrogen and oxygen atoms in total. The van der Waals surface area contributed by atoms with Gasteiger partial charge in [-0.2, -0.15) is 0 Å². The van der Waals surface area contributed by atoms with Crippen LogP contribution in [0.3, 0.4) is 0 Å². The van der Waals surface area contributed by atoms with Gasteiger partial charge in [-0.25, -0.2) is 5.43 Å². The molecule has 1 unspecified atom stereocenters. The number of halogens is 2. The second-order valence-corrected chi connectivity index (χ2v) is 4.46. The zero-order valence-electron chi connectivity index (χ0n) is 8.90. The van der Waals surface area contributed by atoms with Crippen molar-refractivity contribution < 1.29 is 0 Å². The Balaban J connectivity index is 2.42. The molecule has 5 heteroatoms. The average Bonchev–Trinajstić information content (AvgIpc) is 2.30. The molecule has 88 valence electrons. The monoisotopic (exact) mass is 267 g/mol. The van der Waals surface area contributed by atoms with E-state index in [2.05, 4.69) is 10.4 Å². The summed E-state index contributed by atoms with van der Waals surface area (Å²) >= 11 is 11.9. The van der Waals surface area contributed by atoms with E-state index < -0.39 is 0 Å². The van der Waals surface area contributed by atoms with Gasteiger partial charge >= 0.3 is 0 Å². The zero-order valence-corrected chi connectivity index (χ0v) is 10.4. The van der Waals surface area contributed by atoms with E-state index in [1.54, 1.807) is 18.5 Å². The number of benzene rings is 1. The smallest absolute Gasteiger partial charge is 0.0726 e. The van der Waals surface area contributed by atoms with Gasteiger partial charge in [0.05, 0.1) is 6.04 Å². The minimum Gasteiger partial charge on any atom is -0.271 e. The lowest BCUT2D eigenvalue weighted by Crippen LogP contribution is -2.28. The van der Waals surface area contributed by atoms with Gasteiger partial charge in [0.2, 0.25) is 0 Å². The number of hydrogen-bond donors (Lipinski definition) is 2. The summed E-state index contributed by atoms with van der Waals surface area (Å²) in [6, 6.07) is 8.94. The molecular formula is C12H11Cl2N3. The number of nitrogens with zero attached hydrogens (tertiary/aromatic N) is 1. The minimum atomic E-state index is -0.181. The van der Waals surface area contributed by atoms with Crippen molar-refractivity contribution in [3.8, 4) is 0 Å². The van der Waals surface area contributed by atoms with E-state index in [1.165, 1.54) is 0 Å². The first-order chi connectivity index (χ1) is 8.20. The van der Waals surface area contributed by atoms with E-state index in [1.807, 2.05) is 24.3 Å². The van der Waals surface area contributed by atoms with Crippen molar-refractivity contribution in [3.05, 3.63) is 63.9 Å². The summed E-state index contributed by atoms with van der Waals surface area (Å²) < 4.78 is 0. The van der Waals surface area contributed by atoms with Crippen molar-refractivity contribution in [2.24, 2.45) is 5.84 Å². The van der Waals surface area contributed by atoms with E-state index in [9.17, 15) is 0 Å². The highest BCUT2D eigenvalue weighted by atomic mass is 35.5. The lowest BCUT2D eigenvalue weighted by atomic mass is 10.0. The molecule has 0 aliphatic rings. The van der Waals surface area contributed by atoms with Crippen LogP contribution >= 0.6 is 23.2 Å². The standard InChI is InChI=1S/C12H11Cl2N3/c13-10-4-9(5-11(14)6-10)12(17-15)8-2-1-3-16-7-8/h1-7,12,17H,15H2. The van der Waals surface area contributed by atoms with Gasteiger partial charge in [0.1, 0.15) is 0 Å². The lowest BCUT2D eigenvalue weighted by molar-refractivity contribution is 0.635. The van der Waals surface area contributed by atoms with Gasteiger partial charge < -0.3 is 0 Å². The van der Waals surface area contributed by atoms with Crippen molar-refractivity contribution in [1.82, 2.24) is 10.4 Å². The van der Waals surface area contributed by atoms with Crippen molar-refractivity contribution in [3.63, 3.8) is 0 Å². The van der Waals surface area contributed by atoms with Crippen LogP contribution in [0.15, 0.2) is 42.7 Å². The van der Waals surface area contributed by atoms with Crippen molar-refractivity contribution >= 4 is 23.2 Å². The molecule has 2 rings (SSSR count). The van der Waals surface area contributed by atoms with Crippen LogP contribution in [-0.4, -0.2) is 4.98 Å². The number of aromatic nitrogens is 1. The maximum absolute atomic E-state index is 5.97. The molecule has 3 N–H and O–H groups in total. The van der Waals surface area contributed by atoms with Gasteiger partial charge in [-0.3, -0.25) is 10.8 Å². The Morgan fingerprint density at radius 1 is 1.12 bits per heavy atom. The van der Waals surface area contributed by atoms with E-state index in [-0.39, 0.29) is 6.04 Å². The number of nitrogens with two attached hydrogens (primary N) is 1. The molecule has 1 aromatic carbocycles. The molecule has 0 saturated carbocycles. The van der Waals surface area contributed by atoms with E-state index in [0.717, 1.165) is 11.1 Å². The van der Waals surface area contributed by atoms with Crippen LogP contribution in [-0.2, 0) is 0 Å². The number of pyridine rings is 1. The third-order valence-electron chi connectivity index (χ3n) is 2.40. The summed E-state index contributed by atoms with van der Waals surface area (Å²) in [5, 5.41) is 1.16. The first-order valence-electron chi connectivity index (χ1n) is 5.03. The number of rotatable bonds is 3. The third-order valence-corrected chi connectivity index (χ3v) is 2.84. The fourth-order valence-corrected chi connectivity index (χ4v) is 2.22. The van der Waals surface area contributed by atoms with Crippen LogP contribution in [0, 0.1) is 0 Å². The highest BCUT2D eigenvalue weighted by Crippen LogP contribution is 2.26. The van der Waals surface area contributed by atoms with Gasteiger partial charge in [-0.15, -0.1) is 0 Å². The molecule has 2 aromatic rings. The van der Waals surface area contributed by atoms with Crippen molar-refractivity contribution in [2.75, 3.05) is 0 Å². The summed E-state index contributed by atoms with van der Waals surface area (Å²) in [6.45, 7) is 0. The Morgan fingerprint density at radius 2 is 1.82 bits per heavy atom. The molecule has 0 radical (unpaired) electrons. The topological polar surface area (TPSA) is 50.9 Å². The molecule has 17 heavy (non-hydrogen) atoms. The summed E-state index contributed by atoms with van der Waals surface area (Å²) in [5.41, 5.74) is 4.58. The molecule has 0 spiro atoms. The SMILES string of the molecule is NNC(c1cccnc1)c1cc(Cl)cc(Cl)c1. The molecule has 0 fully saturated rings. The fraction of sp³-hybridized carbons (Fsp3) is 0.0833. The molecular weight excluding hydrogens is 257 g/mol. The molecule has 1 atom stereocenters. The van der Waals surface area contributed by atoms with Gasteiger partial charge in [0, 0.05) is 22.4 Å². The molecule has 0 bridgehead atoms. The molecule has 0 aliphatic heterocycles. The van der Waals surface area contributed by atoms with Gasteiger partial charge in [-0.1, -0.05) is 29.3 Å². The Labute approximate surface area is 110 Å². The molecule has 1 aromatic heterocycles. The first kappa shape index (κ1) is 12.3. The van der Waals surface area contributed by atoms with Gasteiger partial charge in [-0.05, 0) is 35.4 Å². The van der Waals surface area contributed by atoms with E-state index in [4.69, 9.17) is 29.0 Å². The zero-order chi connectivity index (χ0) is 12.3. The Bertz CT molecular complexity index is 482. The lowest BCUT2D eigenvalue weighted by Gasteiger charge is -2.17. The summed E-state index contributed by atoms with van der Waals surface area (Å²) in [6.07, 6.45) is 3.46. The van der Waals surface area contributed by atoms with E-state index in [0.29, 0.717) is 10.0 Å². The summed E-state index contributed by atoms with van der Waals surface area (Å²) in [7, 11) is 0. The van der Waals surface area contributed by atoms with Crippen LogP contribution in [0.2, 0.25) is 10.0 Å². The molecule has 0 aliphatic carbocycles. The maximum atomic E-state index is 5.97. The quantitative estimate of drug-likeness (QED) is 0.664. The number of hydrazine groups is 1. The average molecular weight is 268 g/mol. The fourth-order valence-electron chi connectivity index (χ4n) is 1.67. The molecule has 0 saturated heterocycles. The predicted molar refractivity (Wildman–Crippen MR) is 69.9 cm³/mol. The largest absolute Gasteiger partial charge is 0.271 e. The third kappa shape index (κ3) is 2.96. The second-order valence-electron chi connectivity index (χ2n) is 3.59. The van der Waals surface area contributed by atoms with Gasteiger partial charge in [0.25, 0.3) is 0 Å². The summed E-state index contributed by atoms with van der Waals surface area (Å²) in [5.74, 6) is 5.57. The highest BCUT2D eigenvalue weighted by Gasteiger charge is 2.13. The van der Waals surface area contributed by atoms with Gasteiger partial charge in [0.15, 0.2) is 0 Å². The number of nitrogens with one attached hydrogen (secondary N) is 1. The summed E-state index contributed by atoms with van der Waals surface area (Å²) in [4.78, 5) is 4.06. The normalized spacial score (nSPS) is 12.4. The van der Waals surface area contributed by atoms with Crippen LogP contribution < -0.4 is 11.3 Å². The first-order valence-corrected chi connectivity index (χ1v) is 5.78. The van der Waals surface area contributed by atoms with Crippen LogP contribution in [0.1, 0.15) is 17.2 Å². The molecule has 1 heterocycles. The Morgan fingerprint density at radius 3 is 2.35 bits per heavy atom. The van der Waals surface area contributed by atoms with Crippen LogP contribution in [0.25, 0.3) is 0 Å².